The van der Waals surface area contributed by atoms with Crippen molar-refractivity contribution in [3.05, 3.63) is 28.2 Å². The summed E-state index contributed by atoms with van der Waals surface area (Å²) < 4.78 is 0.836. The van der Waals surface area contributed by atoms with Crippen LogP contribution in [0.5, 0.6) is 0 Å². The third-order valence-electron chi connectivity index (χ3n) is 2.50. The predicted molar refractivity (Wildman–Crippen MR) is 84.1 cm³/mol. The van der Waals surface area contributed by atoms with Gasteiger partial charge in [-0.2, -0.15) is 20.2 Å². The second-order valence-corrected chi connectivity index (χ2v) is 5.16. The molecule has 0 aliphatic heterocycles. The zero-order valence-electron chi connectivity index (χ0n) is 11.4. The van der Waals surface area contributed by atoms with E-state index in [1.807, 2.05) is 0 Å². The molecule has 108 valence electrons. The zero-order chi connectivity index (χ0) is 15.4. The minimum atomic E-state index is 0.227. The number of hydrazine groups is 1. The molecule has 0 saturated heterocycles. The number of nitrogen functional groups attached to an aromatic ring is 1. The molecule has 0 bridgehead atoms. The van der Waals surface area contributed by atoms with Crippen molar-refractivity contribution >= 4 is 39.5 Å². The molecular formula is C12H13BrN8. The van der Waals surface area contributed by atoms with Crippen molar-refractivity contribution in [2.75, 3.05) is 29.7 Å². The van der Waals surface area contributed by atoms with Crippen molar-refractivity contribution in [3.63, 3.8) is 0 Å². The van der Waals surface area contributed by atoms with Gasteiger partial charge in [0.15, 0.2) is 0 Å². The van der Waals surface area contributed by atoms with Crippen molar-refractivity contribution in [1.82, 2.24) is 15.0 Å². The Bertz CT molecular complexity index is 694. The van der Waals surface area contributed by atoms with Crippen LogP contribution in [0.1, 0.15) is 5.56 Å². The van der Waals surface area contributed by atoms with E-state index in [0.29, 0.717) is 17.2 Å². The first kappa shape index (κ1) is 15.0. The lowest BCUT2D eigenvalue weighted by molar-refractivity contribution is 0.957. The number of aromatic nitrogens is 3. The van der Waals surface area contributed by atoms with E-state index < -0.39 is 0 Å². The third-order valence-corrected chi connectivity index (χ3v) is 2.99. The van der Waals surface area contributed by atoms with Gasteiger partial charge >= 0.3 is 0 Å². The summed E-state index contributed by atoms with van der Waals surface area (Å²) in [7, 11) is 3.61. The van der Waals surface area contributed by atoms with Crippen molar-refractivity contribution in [2.45, 2.75) is 0 Å². The van der Waals surface area contributed by atoms with Gasteiger partial charge in [0.25, 0.3) is 0 Å². The highest BCUT2D eigenvalue weighted by molar-refractivity contribution is 9.10. The van der Waals surface area contributed by atoms with Crippen LogP contribution in [0.2, 0.25) is 0 Å². The van der Waals surface area contributed by atoms with Gasteiger partial charge in [-0.1, -0.05) is 15.9 Å². The highest BCUT2D eigenvalue weighted by atomic mass is 79.9. The SMILES string of the molecule is CN(C)c1nc(NN)nc(Nc2cc(Br)ccc2C#N)n1. The van der Waals surface area contributed by atoms with Crippen molar-refractivity contribution < 1.29 is 0 Å². The van der Waals surface area contributed by atoms with Gasteiger partial charge in [0.2, 0.25) is 17.8 Å². The molecule has 0 atom stereocenters. The van der Waals surface area contributed by atoms with Gasteiger partial charge in [-0.15, -0.1) is 0 Å². The Morgan fingerprint density at radius 2 is 1.95 bits per heavy atom. The van der Waals surface area contributed by atoms with E-state index in [-0.39, 0.29) is 11.9 Å². The molecule has 0 amide bonds. The van der Waals surface area contributed by atoms with Crippen LogP contribution in [0.15, 0.2) is 22.7 Å². The van der Waals surface area contributed by atoms with Crippen molar-refractivity contribution in [3.8, 4) is 6.07 Å². The number of anilines is 4. The Morgan fingerprint density at radius 1 is 1.24 bits per heavy atom. The average molecular weight is 349 g/mol. The fraction of sp³-hybridized carbons (Fsp3) is 0.167. The molecule has 2 rings (SSSR count). The number of halogens is 1. The fourth-order valence-electron chi connectivity index (χ4n) is 1.52. The molecule has 1 aromatic heterocycles. The number of rotatable bonds is 4. The lowest BCUT2D eigenvalue weighted by Crippen LogP contribution is -2.18. The first-order valence-electron chi connectivity index (χ1n) is 5.90. The average Bonchev–Trinajstić information content (AvgIpc) is 2.47. The smallest absolute Gasteiger partial charge is 0.243 e. The molecule has 21 heavy (non-hydrogen) atoms. The summed E-state index contributed by atoms with van der Waals surface area (Å²) in [4.78, 5) is 14.2. The third kappa shape index (κ3) is 3.56. The quantitative estimate of drug-likeness (QED) is 0.563. The van der Waals surface area contributed by atoms with Crippen LogP contribution in [-0.4, -0.2) is 29.0 Å². The molecule has 4 N–H and O–H groups in total. The molecule has 0 fully saturated rings. The summed E-state index contributed by atoms with van der Waals surface area (Å²) in [6, 6.07) is 7.36. The first-order valence-corrected chi connectivity index (χ1v) is 6.69. The molecule has 1 heterocycles. The summed E-state index contributed by atoms with van der Waals surface area (Å²) in [6.45, 7) is 0. The maximum absolute atomic E-state index is 9.13. The Morgan fingerprint density at radius 3 is 2.57 bits per heavy atom. The molecule has 1 aromatic carbocycles. The summed E-state index contributed by atoms with van der Waals surface area (Å²) in [6.07, 6.45) is 0. The summed E-state index contributed by atoms with van der Waals surface area (Å²) in [5.41, 5.74) is 3.45. The van der Waals surface area contributed by atoms with Crippen molar-refractivity contribution in [1.29, 1.82) is 5.26 Å². The second kappa shape index (κ2) is 6.34. The standard InChI is InChI=1S/C12H13BrN8/c1-21(2)12-18-10(17-11(19-12)20-15)16-9-5-8(13)4-3-7(9)6-14/h3-5H,15H2,1-2H3,(H2,16,17,18,19,20). The Balaban J connectivity index is 2.42. The first-order chi connectivity index (χ1) is 10.0. The van der Waals surface area contributed by atoms with E-state index in [4.69, 9.17) is 11.1 Å². The van der Waals surface area contributed by atoms with Crippen LogP contribution in [0.3, 0.4) is 0 Å². The van der Waals surface area contributed by atoms with Gasteiger partial charge in [-0.05, 0) is 18.2 Å². The number of nitrogens with one attached hydrogen (secondary N) is 2. The van der Waals surface area contributed by atoms with Crippen LogP contribution < -0.4 is 21.5 Å². The number of nitriles is 1. The van der Waals surface area contributed by atoms with E-state index in [2.05, 4.69) is 47.7 Å². The monoisotopic (exact) mass is 348 g/mol. The summed E-state index contributed by atoms with van der Waals surface area (Å²) in [5.74, 6) is 6.31. The van der Waals surface area contributed by atoms with E-state index >= 15 is 0 Å². The Kier molecular flexibility index (Phi) is 4.52. The van der Waals surface area contributed by atoms with E-state index in [9.17, 15) is 0 Å². The summed E-state index contributed by atoms with van der Waals surface area (Å²) >= 11 is 3.36. The van der Waals surface area contributed by atoms with Crippen LogP contribution in [0, 0.1) is 11.3 Å². The van der Waals surface area contributed by atoms with Gasteiger partial charge in [-0.25, -0.2) is 5.84 Å². The van der Waals surface area contributed by atoms with Crippen LogP contribution in [-0.2, 0) is 0 Å². The maximum atomic E-state index is 9.13. The minimum Gasteiger partial charge on any atom is -0.347 e. The Labute approximate surface area is 130 Å². The normalized spacial score (nSPS) is 9.86. The Hall–Kier alpha value is -2.44. The highest BCUT2D eigenvalue weighted by Gasteiger charge is 2.10. The van der Waals surface area contributed by atoms with E-state index in [1.165, 1.54) is 0 Å². The number of hydrogen-bond acceptors (Lipinski definition) is 8. The molecule has 2 aromatic rings. The highest BCUT2D eigenvalue weighted by Crippen LogP contribution is 2.24. The maximum Gasteiger partial charge on any atom is 0.243 e. The van der Waals surface area contributed by atoms with E-state index in [0.717, 1.165) is 4.47 Å². The van der Waals surface area contributed by atoms with Crippen LogP contribution in [0.25, 0.3) is 0 Å². The van der Waals surface area contributed by atoms with Gasteiger partial charge in [0.05, 0.1) is 11.3 Å². The number of nitrogens with zero attached hydrogens (tertiary/aromatic N) is 5. The van der Waals surface area contributed by atoms with Gasteiger partial charge in [0.1, 0.15) is 6.07 Å². The van der Waals surface area contributed by atoms with Gasteiger partial charge in [-0.3, -0.25) is 5.43 Å². The minimum absolute atomic E-state index is 0.227. The van der Waals surface area contributed by atoms with Gasteiger partial charge in [0, 0.05) is 18.6 Å². The number of nitrogens with two attached hydrogens (primary N) is 1. The zero-order valence-corrected chi connectivity index (χ0v) is 13.0. The molecule has 0 aliphatic carbocycles. The molecule has 0 saturated carbocycles. The molecule has 8 nitrogen and oxygen atoms in total. The summed E-state index contributed by atoms with van der Waals surface area (Å²) in [5, 5.41) is 12.1. The molecule has 0 radical (unpaired) electrons. The number of hydrogen-bond donors (Lipinski definition) is 3. The predicted octanol–water partition coefficient (Wildman–Crippen LogP) is 1.60. The molecule has 9 heteroatoms. The largest absolute Gasteiger partial charge is 0.347 e. The second-order valence-electron chi connectivity index (χ2n) is 4.25. The van der Waals surface area contributed by atoms with E-state index in [1.54, 1.807) is 37.2 Å². The molecule has 0 spiro atoms. The van der Waals surface area contributed by atoms with Gasteiger partial charge < -0.3 is 10.2 Å². The number of benzene rings is 1. The molecule has 0 aliphatic rings. The van der Waals surface area contributed by atoms with Crippen LogP contribution >= 0.6 is 15.9 Å². The topological polar surface area (TPSA) is 116 Å². The molecule has 0 unspecified atom stereocenters. The van der Waals surface area contributed by atoms with Crippen LogP contribution in [0.4, 0.5) is 23.5 Å². The molecular weight excluding hydrogens is 336 g/mol. The van der Waals surface area contributed by atoms with Crippen molar-refractivity contribution in [2.24, 2.45) is 5.84 Å². The lowest BCUT2D eigenvalue weighted by Gasteiger charge is -2.13. The lowest BCUT2D eigenvalue weighted by atomic mass is 10.2. The fourth-order valence-corrected chi connectivity index (χ4v) is 1.88.